The molecule has 1 amide bonds. The third kappa shape index (κ3) is 4.91. The molecule has 0 bridgehead atoms. The van der Waals surface area contributed by atoms with Crippen LogP contribution in [0.5, 0.6) is 17.2 Å². The highest BCUT2D eigenvalue weighted by Crippen LogP contribution is 2.29. The second-order valence-corrected chi connectivity index (χ2v) is 5.10. The zero-order valence-corrected chi connectivity index (χ0v) is 14.3. The molecule has 0 aliphatic heterocycles. The Hall–Kier alpha value is -2.69. The molecule has 128 valence electrons. The molecule has 0 fully saturated rings. The Balaban J connectivity index is 2.09. The van der Waals surface area contributed by atoms with Crippen molar-refractivity contribution in [3.8, 4) is 17.2 Å². The van der Waals surface area contributed by atoms with Crippen LogP contribution < -0.4 is 19.5 Å². The van der Waals surface area contributed by atoms with Gasteiger partial charge in [-0.15, -0.1) is 0 Å². The van der Waals surface area contributed by atoms with Gasteiger partial charge < -0.3 is 19.5 Å². The number of benzene rings is 2. The Morgan fingerprint density at radius 3 is 2.25 bits per heavy atom. The van der Waals surface area contributed by atoms with E-state index in [1.54, 1.807) is 19.2 Å². The first kappa shape index (κ1) is 17.7. The number of amides is 1. The lowest BCUT2D eigenvalue weighted by atomic mass is 10.1. The van der Waals surface area contributed by atoms with Gasteiger partial charge in [0.1, 0.15) is 17.2 Å². The average molecular weight is 329 g/mol. The summed E-state index contributed by atoms with van der Waals surface area (Å²) >= 11 is 0. The van der Waals surface area contributed by atoms with Crippen LogP contribution in [-0.4, -0.2) is 26.2 Å². The summed E-state index contributed by atoms with van der Waals surface area (Å²) in [5.41, 5.74) is 1.52. The van der Waals surface area contributed by atoms with Crippen LogP contribution in [0.2, 0.25) is 0 Å². The minimum atomic E-state index is -0.116. The second kappa shape index (κ2) is 8.82. The molecule has 5 nitrogen and oxygen atoms in total. The monoisotopic (exact) mass is 329 g/mol. The van der Waals surface area contributed by atoms with Crippen LogP contribution in [0, 0.1) is 0 Å². The van der Waals surface area contributed by atoms with Crippen LogP contribution in [0.25, 0.3) is 0 Å². The molecule has 0 aliphatic rings. The molecule has 0 aliphatic carbocycles. The summed E-state index contributed by atoms with van der Waals surface area (Å²) in [6.45, 7) is 4.90. The van der Waals surface area contributed by atoms with Crippen LogP contribution in [-0.2, 0) is 11.2 Å². The molecule has 0 radical (unpaired) electrons. The van der Waals surface area contributed by atoms with Gasteiger partial charge in [0.2, 0.25) is 5.91 Å². The summed E-state index contributed by atoms with van der Waals surface area (Å²) in [5.74, 6) is 1.97. The van der Waals surface area contributed by atoms with Gasteiger partial charge in [-0.3, -0.25) is 4.79 Å². The zero-order chi connectivity index (χ0) is 17.4. The first-order chi connectivity index (χ1) is 11.7. The van der Waals surface area contributed by atoms with Crippen molar-refractivity contribution in [2.45, 2.75) is 20.3 Å². The number of methoxy groups -OCH3 is 1. The molecule has 0 saturated carbocycles. The first-order valence-corrected chi connectivity index (χ1v) is 7.98. The van der Waals surface area contributed by atoms with E-state index in [0.29, 0.717) is 30.4 Å². The van der Waals surface area contributed by atoms with Crippen molar-refractivity contribution in [3.05, 3.63) is 48.0 Å². The maximum Gasteiger partial charge on any atom is 0.228 e. The number of hydrogen-bond donors (Lipinski definition) is 1. The highest BCUT2D eigenvalue weighted by atomic mass is 16.5. The third-order valence-electron chi connectivity index (χ3n) is 3.36. The van der Waals surface area contributed by atoms with Gasteiger partial charge >= 0.3 is 0 Å². The average Bonchev–Trinajstić information content (AvgIpc) is 2.58. The molecule has 2 aromatic rings. The maximum atomic E-state index is 12.3. The standard InChI is InChI=1S/C19H23NO4/c1-4-23-16-10-11-18(24-5-2)17(13-16)20-19(21)12-14-6-8-15(22-3)9-7-14/h6-11,13H,4-5,12H2,1-3H3,(H,20,21). The highest BCUT2D eigenvalue weighted by Gasteiger charge is 2.10. The van der Waals surface area contributed by atoms with E-state index in [1.807, 2.05) is 44.2 Å². The fourth-order valence-corrected chi connectivity index (χ4v) is 2.27. The predicted molar refractivity (Wildman–Crippen MR) is 94.1 cm³/mol. The fourth-order valence-electron chi connectivity index (χ4n) is 2.27. The van der Waals surface area contributed by atoms with E-state index in [-0.39, 0.29) is 12.3 Å². The van der Waals surface area contributed by atoms with E-state index in [9.17, 15) is 4.79 Å². The van der Waals surface area contributed by atoms with Crippen molar-refractivity contribution < 1.29 is 19.0 Å². The minimum Gasteiger partial charge on any atom is -0.497 e. The van der Waals surface area contributed by atoms with Gasteiger partial charge in [0.15, 0.2) is 0 Å². The summed E-state index contributed by atoms with van der Waals surface area (Å²) in [7, 11) is 1.61. The van der Waals surface area contributed by atoms with Gasteiger partial charge in [0, 0.05) is 6.07 Å². The number of hydrogen-bond acceptors (Lipinski definition) is 4. The van der Waals surface area contributed by atoms with Crippen molar-refractivity contribution in [3.63, 3.8) is 0 Å². The molecular formula is C19H23NO4. The number of carbonyl (C=O) groups is 1. The predicted octanol–water partition coefficient (Wildman–Crippen LogP) is 3.67. The lowest BCUT2D eigenvalue weighted by Gasteiger charge is -2.13. The van der Waals surface area contributed by atoms with Crippen LogP contribution in [0.15, 0.2) is 42.5 Å². The van der Waals surface area contributed by atoms with Crippen LogP contribution >= 0.6 is 0 Å². The minimum absolute atomic E-state index is 0.116. The van der Waals surface area contributed by atoms with Crippen LogP contribution in [0.4, 0.5) is 5.69 Å². The van der Waals surface area contributed by atoms with Gasteiger partial charge in [0.25, 0.3) is 0 Å². The fraction of sp³-hybridized carbons (Fsp3) is 0.316. The quantitative estimate of drug-likeness (QED) is 0.803. The molecule has 0 unspecified atom stereocenters. The van der Waals surface area contributed by atoms with Crippen molar-refractivity contribution in [2.75, 3.05) is 25.6 Å². The van der Waals surface area contributed by atoms with Gasteiger partial charge in [-0.25, -0.2) is 0 Å². The van der Waals surface area contributed by atoms with Gasteiger partial charge in [-0.05, 0) is 43.7 Å². The lowest BCUT2D eigenvalue weighted by molar-refractivity contribution is -0.115. The third-order valence-corrected chi connectivity index (χ3v) is 3.36. The maximum absolute atomic E-state index is 12.3. The molecule has 0 aromatic heterocycles. The summed E-state index contributed by atoms with van der Waals surface area (Å²) in [6, 6.07) is 12.8. The highest BCUT2D eigenvalue weighted by molar-refractivity contribution is 5.94. The zero-order valence-electron chi connectivity index (χ0n) is 14.3. The Morgan fingerprint density at radius 1 is 0.958 bits per heavy atom. The van der Waals surface area contributed by atoms with E-state index >= 15 is 0 Å². The first-order valence-electron chi connectivity index (χ1n) is 7.98. The Morgan fingerprint density at radius 2 is 1.62 bits per heavy atom. The van der Waals surface area contributed by atoms with E-state index in [0.717, 1.165) is 11.3 Å². The molecule has 5 heteroatoms. The summed E-state index contributed by atoms with van der Waals surface area (Å²) < 4.78 is 16.2. The molecule has 24 heavy (non-hydrogen) atoms. The normalized spacial score (nSPS) is 10.1. The van der Waals surface area contributed by atoms with E-state index in [1.165, 1.54) is 0 Å². The smallest absolute Gasteiger partial charge is 0.228 e. The summed E-state index contributed by atoms with van der Waals surface area (Å²) in [5, 5.41) is 2.90. The number of ether oxygens (including phenoxy) is 3. The summed E-state index contributed by atoms with van der Waals surface area (Å²) in [4.78, 5) is 12.3. The van der Waals surface area contributed by atoms with Crippen molar-refractivity contribution in [1.29, 1.82) is 0 Å². The SMILES string of the molecule is CCOc1ccc(OCC)c(NC(=O)Cc2ccc(OC)cc2)c1. The van der Waals surface area contributed by atoms with Crippen LogP contribution in [0.1, 0.15) is 19.4 Å². The summed E-state index contributed by atoms with van der Waals surface area (Å²) in [6.07, 6.45) is 0.272. The lowest BCUT2D eigenvalue weighted by Crippen LogP contribution is -2.15. The number of carbonyl (C=O) groups excluding carboxylic acids is 1. The van der Waals surface area contributed by atoms with Gasteiger partial charge in [0.05, 0.1) is 32.4 Å². The van der Waals surface area contributed by atoms with E-state index < -0.39 is 0 Å². The number of nitrogens with one attached hydrogen (secondary N) is 1. The molecule has 0 heterocycles. The topological polar surface area (TPSA) is 56.8 Å². The number of anilines is 1. The Labute approximate surface area is 142 Å². The Bertz CT molecular complexity index is 668. The molecule has 0 atom stereocenters. The molecule has 0 saturated heterocycles. The van der Waals surface area contributed by atoms with Crippen LogP contribution in [0.3, 0.4) is 0 Å². The van der Waals surface area contributed by atoms with Crippen molar-refractivity contribution in [1.82, 2.24) is 0 Å². The van der Waals surface area contributed by atoms with Gasteiger partial charge in [-0.2, -0.15) is 0 Å². The second-order valence-electron chi connectivity index (χ2n) is 5.10. The molecule has 1 N–H and O–H groups in total. The largest absolute Gasteiger partial charge is 0.497 e. The van der Waals surface area contributed by atoms with Gasteiger partial charge in [-0.1, -0.05) is 12.1 Å². The molecular weight excluding hydrogens is 306 g/mol. The van der Waals surface area contributed by atoms with Crippen molar-refractivity contribution >= 4 is 11.6 Å². The Kier molecular flexibility index (Phi) is 6.49. The van der Waals surface area contributed by atoms with E-state index in [2.05, 4.69) is 5.32 Å². The molecule has 0 spiro atoms. The van der Waals surface area contributed by atoms with E-state index in [4.69, 9.17) is 14.2 Å². The number of rotatable bonds is 8. The molecule has 2 aromatic carbocycles. The van der Waals surface area contributed by atoms with Crippen molar-refractivity contribution in [2.24, 2.45) is 0 Å². The molecule has 2 rings (SSSR count).